The van der Waals surface area contributed by atoms with Crippen LogP contribution in [0.1, 0.15) is 16.1 Å². The molecule has 0 amide bonds. The third kappa shape index (κ3) is 3.69. The number of hydrogen-bond donors (Lipinski definition) is 0. The molecule has 1 heterocycles. The number of nitrogens with zero attached hydrogens (tertiary/aromatic N) is 1. The van der Waals surface area contributed by atoms with E-state index in [4.69, 9.17) is 4.42 Å². The van der Waals surface area contributed by atoms with Crippen molar-refractivity contribution in [2.75, 3.05) is 0 Å². The zero-order valence-electron chi connectivity index (χ0n) is 12.9. The lowest BCUT2D eigenvalue weighted by atomic mass is 10.1. The maximum absolute atomic E-state index is 13.2. The standard InChI is InChI=1S/C19H12FNO4/c20-14-6-9-16(17(12-14)21(23)24)19-11-8-15(25-19)7-10-18(22)13-4-2-1-3-5-13/h1-12H/b10-7+. The number of nitro groups is 1. The average molecular weight is 337 g/mol. The fourth-order valence-corrected chi connectivity index (χ4v) is 2.31. The number of halogens is 1. The average Bonchev–Trinajstić information content (AvgIpc) is 3.09. The molecule has 0 aliphatic rings. The van der Waals surface area contributed by atoms with Gasteiger partial charge in [-0.15, -0.1) is 0 Å². The molecule has 0 unspecified atom stereocenters. The monoisotopic (exact) mass is 337 g/mol. The van der Waals surface area contributed by atoms with Gasteiger partial charge in [0.1, 0.15) is 17.3 Å². The predicted molar refractivity (Wildman–Crippen MR) is 90.6 cm³/mol. The topological polar surface area (TPSA) is 73.3 Å². The van der Waals surface area contributed by atoms with E-state index in [1.54, 1.807) is 30.3 Å². The van der Waals surface area contributed by atoms with Crippen LogP contribution >= 0.6 is 0 Å². The summed E-state index contributed by atoms with van der Waals surface area (Å²) in [5, 5.41) is 11.1. The summed E-state index contributed by atoms with van der Waals surface area (Å²) in [7, 11) is 0. The Balaban J connectivity index is 1.85. The van der Waals surface area contributed by atoms with E-state index in [0.717, 1.165) is 12.1 Å². The Morgan fingerprint density at radius 1 is 1.08 bits per heavy atom. The zero-order valence-corrected chi connectivity index (χ0v) is 12.9. The van der Waals surface area contributed by atoms with Crippen molar-refractivity contribution in [3.05, 3.63) is 94.0 Å². The molecule has 6 heteroatoms. The van der Waals surface area contributed by atoms with Gasteiger partial charge in [-0.1, -0.05) is 30.3 Å². The third-order valence-corrected chi connectivity index (χ3v) is 3.51. The number of ketones is 1. The van der Waals surface area contributed by atoms with Crippen LogP contribution in [0.15, 0.2) is 71.2 Å². The van der Waals surface area contributed by atoms with Gasteiger partial charge in [-0.05, 0) is 36.4 Å². The van der Waals surface area contributed by atoms with Gasteiger partial charge in [0.2, 0.25) is 0 Å². The molecule has 0 aliphatic heterocycles. The SMILES string of the molecule is O=C(/C=C/c1ccc(-c2ccc(F)cc2[N+](=O)[O-])o1)c1ccccc1. The lowest BCUT2D eigenvalue weighted by Gasteiger charge is -1.99. The summed E-state index contributed by atoms with van der Waals surface area (Å²) in [4.78, 5) is 22.4. The number of furan rings is 1. The van der Waals surface area contributed by atoms with Crippen molar-refractivity contribution in [3.8, 4) is 11.3 Å². The fourth-order valence-electron chi connectivity index (χ4n) is 2.31. The van der Waals surface area contributed by atoms with Gasteiger partial charge < -0.3 is 4.42 Å². The number of carbonyl (C=O) groups is 1. The van der Waals surface area contributed by atoms with Crippen molar-refractivity contribution in [1.29, 1.82) is 0 Å². The summed E-state index contributed by atoms with van der Waals surface area (Å²) in [5.41, 5.74) is 0.324. The number of hydrogen-bond acceptors (Lipinski definition) is 4. The van der Waals surface area contributed by atoms with Gasteiger partial charge in [0.15, 0.2) is 5.78 Å². The second-order valence-electron chi connectivity index (χ2n) is 5.18. The van der Waals surface area contributed by atoms with Crippen molar-refractivity contribution in [3.63, 3.8) is 0 Å². The van der Waals surface area contributed by atoms with E-state index >= 15 is 0 Å². The molecule has 5 nitrogen and oxygen atoms in total. The minimum atomic E-state index is -0.699. The highest BCUT2D eigenvalue weighted by molar-refractivity contribution is 6.06. The molecule has 1 aromatic heterocycles. The first-order valence-corrected chi connectivity index (χ1v) is 7.36. The van der Waals surface area contributed by atoms with E-state index < -0.39 is 10.7 Å². The van der Waals surface area contributed by atoms with Gasteiger partial charge in [-0.3, -0.25) is 14.9 Å². The lowest BCUT2D eigenvalue weighted by Crippen LogP contribution is -1.92. The highest BCUT2D eigenvalue weighted by Crippen LogP contribution is 2.32. The molecule has 0 saturated carbocycles. The molecule has 0 bridgehead atoms. The van der Waals surface area contributed by atoms with E-state index in [1.807, 2.05) is 6.07 Å². The smallest absolute Gasteiger partial charge is 0.283 e. The Hall–Kier alpha value is -3.54. The first-order valence-electron chi connectivity index (χ1n) is 7.36. The van der Waals surface area contributed by atoms with Gasteiger partial charge >= 0.3 is 0 Å². The lowest BCUT2D eigenvalue weighted by molar-refractivity contribution is -0.384. The Morgan fingerprint density at radius 3 is 2.56 bits per heavy atom. The second-order valence-corrected chi connectivity index (χ2v) is 5.18. The summed E-state index contributed by atoms with van der Waals surface area (Å²) in [5.74, 6) is -0.307. The van der Waals surface area contributed by atoms with E-state index in [0.29, 0.717) is 11.3 Å². The Labute approximate surface area is 142 Å². The van der Waals surface area contributed by atoms with Crippen molar-refractivity contribution < 1.29 is 18.5 Å². The van der Waals surface area contributed by atoms with Crippen LogP contribution in [0.5, 0.6) is 0 Å². The first kappa shape index (κ1) is 16.3. The number of benzene rings is 2. The van der Waals surface area contributed by atoms with Crippen molar-refractivity contribution in [2.24, 2.45) is 0 Å². The number of carbonyl (C=O) groups excluding carboxylic acids is 1. The minimum absolute atomic E-state index is 0.167. The Morgan fingerprint density at radius 2 is 1.84 bits per heavy atom. The second kappa shape index (κ2) is 6.92. The first-order chi connectivity index (χ1) is 12.0. The molecule has 0 fully saturated rings. The highest BCUT2D eigenvalue weighted by atomic mass is 19.1. The van der Waals surface area contributed by atoms with Crippen LogP contribution in [0.3, 0.4) is 0 Å². The van der Waals surface area contributed by atoms with Crippen LogP contribution in [0.4, 0.5) is 10.1 Å². The van der Waals surface area contributed by atoms with Gasteiger partial charge in [-0.2, -0.15) is 0 Å². The van der Waals surface area contributed by atoms with Crippen molar-refractivity contribution in [1.82, 2.24) is 0 Å². The van der Waals surface area contributed by atoms with Crippen LogP contribution in [0.2, 0.25) is 0 Å². The Kier molecular flexibility index (Phi) is 4.52. The molecule has 0 aliphatic carbocycles. The maximum atomic E-state index is 13.2. The molecule has 25 heavy (non-hydrogen) atoms. The largest absolute Gasteiger partial charge is 0.456 e. The molecular weight excluding hydrogens is 325 g/mol. The summed E-state index contributed by atoms with van der Waals surface area (Å²) < 4.78 is 18.7. The van der Waals surface area contributed by atoms with E-state index in [9.17, 15) is 19.3 Å². The summed E-state index contributed by atoms with van der Waals surface area (Å²) in [6.07, 6.45) is 2.84. The van der Waals surface area contributed by atoms with Crippen molar-refractivity contribution >= 4 is 17.5 Å². The molecule has 0 N–H and O–H groups in total. The Bertz CT molecular complexity index is 961. The third-order valence-electron chi connectivity index (χ3n) is 3.51. The summed E-state index contributed by atoms with van der Waals surface area (Å²) in [6, 6.07) is 15.1. The highest BCUT2D eigenvalue weighted by Gasteiger charge is 2.18. The maximum Gasteiger partial charge on any atom is 0.283 e. The molecule has 3 aromatic rings. The van der Waals surface area contributed by atoms with Crippen LogP contribution in [-0.2, 0) is 0 Å². The van der Waals surface area contributed by atoms with E-state index in [1.165, 1.54) is 24.3 Å². The van der Waals surface area contributed by atoms with Crippen LogP contribution in [-0.4, -0.2) is 10.7 Å². The summed E-state index contributed by atoms with van der Waals surface area (Å²) in [6.45, 7) is 0. The normalized spacial score (nSPS) is 10.9. The number of nitro benzene ring substituents is 1. The predicted octanol–water partition coefficient (Wildman–Crippen LogP) is 4.89. The molecule has 0 saturated heterocycles. The molecule has 124 valence electrons. The molecule has 0 spiro atoms. The minimum Gasteiger partial charge on any atom is -0.456 e. The van der Waals surface area contributed by atoms with Crippen LogP contribution < -0.4 is 0 Å². The van der Waals surface area contributed by atoms with E-state index in [-0.39, 0.29) is 22.8 Å². The van der Waals surface area contributed by atoms with Gasteiger partial charge in [0.25, 0.3) is 5.69 Å². The summed E-state index contributed by atoms with van der Waals surface area (Å²) >= 11 is 0. The molecule has 2 aromatic carbocycles. The van der Waals surface area contributed by atoms with E-state index in [2.05, 4.69) is 0 Å². The number of rotatable bonds is 5. The van der Waals surface area contributed by atoms with Gasteiger partial charge in [0, 0.05) is 5.56 Å². The van der Waals surface area contributed by atoms with Crippen LogP contribution in [0.25, 0.3) is 17.4 Å². The van der Waals surface area contributed by atoms with Crippen molar-refractivity contribution in [2.45, 2.75) is 0 Å². The van der Waals surface area contributed by atoms with Gasteiger partial charge in [0.05, 0.1) is 16.6 Å². The molecule has 3 rings (SSSR count). The molecule has 0 radical (unpaired) electrons. The molecule has 0 atom stereocenters. The fraction of sp³-hybridized carbons (Fsp3) is 0. The zero-order chi connectivity index (χ0) is 17.8. The molecular formula is C19H12FNO4. The number of allylic oxidation sites excluding steroid dienone is 1. The van der Waals surface area contributed by atoms with Gasteiger partial charge in [-0.25, -0.2) is 4.39 Å². The van der Waals surface area contributed by atoms with Crippen LogP contribution in [0, 0.1) is 15.9 Å². The quantitative estimate of drug-likeness (QED) is 0.287.